The summed E-state index contributed by atoms with van der Waals surface area (Å²) in [6.45, 7) is 10.0. The summed E-state index contributed by atoms with van der Waals surface area (Å²) in [5.41, 5.74) is 5.91. The number of carbonyl (C=O) groups excluding carboxylic acids is 1. The van der Waals surface area contributed by atoms with Gasteiger partial charge in [-0.15, -0.1) is 0 Å². The Morgan fingerprint density at radius 2 is 1.74 bits per heavy atom. The Morgan fingerprint density at radius 3 is 2.54 bits per heavy atom. The van der Waals surface area contributed by atoms with Crippen LogP contribution in [0.5, 0.6) is 5.88 Å². The van der Waals surface area contributed by atoms with Crippen LogP contribution in [0.15, 0.2) is 83.9 Å². The van der Waals surface area contributed by atoms with E-state index in [-0.39, 0.29) is 29.3 Å². The quantitative estimate of drug-likeness (QED) is 0.0797. The molecule has 16 nitrogen and oxygen atoms in total. The van der Waals surface area contributed by atoms with Crippen molar-refractivity contribution < 1.29 is 32.3 Å². The zero-order valence-electron chi connectivity index (χ0n) is 39.4. The van der Waals surface area contributed by atoms with Gasteiger partial charge in [-0.25, -0.2) is 13.1 Å². The van der Waals surface area contributed by atoms with E-state index in [1.165, 1.54) is 48.9 Å². The summed E-state index contributed by atoms with van der Waals surface area (Å²) in [5.74, 6) is 0.300. The normalized spacial score (nSPS) is 23.1. The van der Waals surface area contributed by atoms with E-state index in [1.807, 2.05) is 35.4 Å². The monoisotopic (exact) mass is 958 g/mol. The van der Waals surface area contributed by atoms with E-state index in [2.05, 4.69) is 62.9 Å². The molecule has 1 spiro atoms. The first kappa shape index (κ1) is 45.7. The molecule has 2 aromatic heterocycles. The Morgan fingerprint density at radius 1 is 0.942 bits per heavy atom. The van der Waals surface area contributed by atoms with Crippen LogP contribution in [-0.4, -0.2) is 105 Å². The minimum absolute atomic E-state index is 0.118. The number of anilines is 4. The van der Waals surface area contributed by atoms with Gasteiger partial charge < -0.3 is 34.3 Å². The van der Waals surface area contributed by atoms with Crippen LogP contribution < -0.4 is 24.6 Å². The van der Waals surface area contributed by atoms with Crippen molar-refractivity contribution in [3.8, 4) is 5.88 Å². The lowest BCUT2D eigenvalue weighted by Gasteiger charge is -2.56. The summed E-state index contributed by atoms with van der Waals surface area (Å²) in [7, 11) is -4.59. The number of hydrogen-bond donors (Lipinski definition) is 3. The molecular weight excluding hydrogens is 897 g/mol. The number of H-pyrrole nitrogens is 1. The summed E-state index contributed by atoms with van der Waals surface area (Å²) in [6, 6.07) is 22.9. The summed E-state index contributed by atoms with van der Waals surface area (Å²) in [4.78, 5) is 41.2. The molecule has 3 N–H and O–H groups in total. The summed E-state index contributed by atoms with van der Waals surface area (Å²) < 4.78 is 48.6. The van der Waals surface area contributed by atoms with Crippen LogP contribution in [0.25, 0.3) is 11.0 Å². The lowest BCUT2D eigenvalue weighted by atomic mass is 9.59. The highest BCUT2D eigenvalue weighted by atomic mass is 32.2. The largest absolute Gasteiger partial charge is 0.470 e. The Kier molecular flexibility index (Phi) is 12.3. The van der Waals surface area contributed by atoms with Gasteiger partial charge in [0.2, 0.25) is 5.88 Å². The number of aromatic nitrogens is 2. The SMILES string of the molecule is CC(C)c1ccccc1[C@@H]1CCCN1C1CC2(CCN(c3ccc(C(=O)NS(=O)(=O)c4ccc(NCC5CCOCC5)c([N+](=O)[O-])c4)c(N4c5cc6cc[nH]c6nc5O[C@@H]5CCOC[C@H]54)c3)CC2)C1. The number of nitrogens with one attached hydrogen (secondary N) is 3. The number of amides is 1. The number of nitro groups is 1. The van der Waals surface area contributed by atoms with Crippen molar-refractivity contribution in [1.29, 1.82) is 0 Å². The van der Waals surface area contributed by atoms with Crippen LogP contribution in [-0.2, 0) is 19.5 Å². The number of aromatic amines is 1. The van der Waals surface area contributed by atoms with Gasteiger partial charge in [0.1, 0.15) is 23.1 Å². The molecule has 364 valence electrons. The molecule has 0 radical (unpaired) electrons. The Bertz CT molecular complexity index is 2850. The standard InChI is InChI=1S/C52H62N8O8S/c1-33(2)39-6-3-4-7-40(39)43-8-5-20-58(43)37-29-52(30-37)17-21-57(22-18-52)36-9-11-41(44(27-36)59-46-26-35-13-19-53-49(35)55-51(46)68-48-16-25-67-32-47(48)59)50(61)56-69(64,65)38-10-12-42(45(28-38)60(62)63)54-31-34-14-23-66-24-15-34/h3-4,6-7,9-13,19,26-28,33-34,37,43,47-48,54H,5,8,14-18,20-25,29-32H2,1-2H3,(H,53,55)(H,56,61)/t43-,47+,48+/m0/s1. The van der Waals surface area contributed by atoms with E-state index in [4.69, 9.17) is 19.2 Å². The van der Waals surface area contributed by atoms with Gasteiger partial charge in [0, 0.05) is 74.7 Å². The van der Waals surface area contributed by atoms with Crippen molar-refractivity contribution >= 4 is 55.4 Å². The molecule has 5 aliphatic heterocycles. The summed E-state index contributed by atoms with van der Waals surface area (Å²) in [6.07, 6.45) is 10.7. The van der Waals surface area contributed by atoms with Crippen LogP contribution in [0.2, 0.25) is 0 Å². The predicted molar refractivity (Wildman–Crippen MR) is 264 cm³/mol. The molecule has 0 bridgehead atoms. The van der Waals surface area contributed by atoms with E-state index in [0.717, 1.165) is 62.5 Å². The first-order valence-corrected chi connectivity index (χ1v) is 26.3. The third kappa shape index (κ3) is 8.80. The van der Waals surface area contributed by atoms with E-state index in [9.17, 15) is 23.3 Å². The number of carbonyl (C=O) groups is 1. The van der Waals surface area contributed by atoms with Crippen molar-refractivity contribution in [2.24, 2.45) is 11.3 Å². The third-order valence-electron chi connectivity index (χ3n) is 16.0. The molecule has 6 aliphatic rings. The average Bonchev–Trinajstić information content (AvgIpc) is 4.03. The first-order valence-electron chi connectivity index (χ1n) is 24.9. The number of hydrogen-bond acceptors (Lipinski definition) is 13. The van der Waals surface area contributed by atoms with Gasteiger partial charge in [-0.1, -0.05) is 38.1 Å². The minimum atomic E-state index is -4.59. The average molecular weight is 959 g/mol. The molecule has 7 heterocycles. The molecule has 17 heteroatoms. The zero-order chi connectivity index (χ0) is 47.4. The van der Waals surface area contributed by atoms with Crippen molar-refractivity contribution in [1.82, 2.24) is 19.6 Å². The predicted octanol–water partition coefficient (Wildman–Crippen LogP) is 8.83. The second-order valence-electron chi connectivity index (χ2n) is 20.4. The van der Waals surface area contributed by atoms with Gasteiger partial charge in [0.25, 0.3) is 21.6 Å². The van der Waals surface area contributed by atoms with Gasteiger partial charge in [-0.2, -0.15) is 4.98 Å². The molecule has 1 amide bonds. The minimum Gasteiger partial charge on any atom is -0.470 e. The highest BCUT2D eigenvalue weighted by molar-refractivity contribution is 7.90. The maximum absolute atomic E-state index is 14.7. The number of ether oxygens (including phenoxy) is 3. The Balaban J connectivity index is 0.872. The number of benzene rings is 3. The summed E-state index contributed by atoms with van der Waals surface area (Å²) in [5, 5.41) is 16.3. The Labute approximate surface area is 403 Å². The smallest absolute Gasteiger partial charge is 0.293 e. The molecule has 1 aliphatic carbocycles. The molecule has 11 rings (SSSR count). The van der Waals surface area contributed by atoms with Gasteiger partial charge in [-0.3, -0.25) is 19.8 Å². The molecule has 5 aromatic rings. The number of nitrogens with zero attached hydrogens (tertiary/aromatic N) is 5. The highest BCUT2D eigenvalue weighted by Crippen LogP contribution is 2.55. The number of piperidine rings is 1. The highest BCUT2D eigenvalue weighted by Gasteiger charge is 2.50. The lowest BCUT2D eigenvalue weighted by molar-refractivity contribution is -0.384. The van der Waals surface area contributed by atoms with Crippen LogP contribution in [0.3, 0.4) is 0 Å². The van der Waals surface area contributed by atoms with Gasteiger partial charge in [0.15, 0.2) is 0 Å². The number of sulfonamides is 1. The van der Waals surface area contributed by atoms with Gasteiger partial charge in [-0.05, 0) is 129 Å². The van der Waals surface area contributed by atoms with Crippen molar-refractivity contribution in [2.45, 2.75) is 107 Å². The second-order valence-corrected chi connectivity index (χ2v) is 22.1. The maximum atomic E-state index is 14.7. The maximum Gasteiger partial charge on any atom is 0.293 e. The molecule has 4 saturated heterocycles. The summed E-state index contributed by atoms with van der Waals surface area (Å²) >= 11 is 0. The second kappa shape index (κ2) is 18.5. The van der Waals surface area contributed by atoms with Gasteiger partial charge >= 0.3 is 0 Å². The van der Waals surface area contributed by atoms with Crippen molar-refractivity contribution in [2.75, 3.05) is 67.7 Å². The number of fused-ring (bicyclic) bond motifs is 3. The van der Waals surface area contributed by atoms with Crippen LogP contribution in [0, 0.1) is 21.4 Å². The fourth-order valence-corrected chi connectivity index (χ4v) is 13.2. The van der Waals surface area contributed by atoms with E-state index in [1.54, 1.807) is 6.07 Å². The number of pyridine rings is 1. The van der Waals surface area contributed by atoms with Gasteiger partial charge in [0.05, 0.1) is 40.3 Å². The topological polar surface area (TPSA) is 184 Å². The number of nitro benzene ring substituents is 1. The fourth-order valence-electron chi connectivity index (χ4n) is 12.2. The van der Waals surface area contributed by atoms with Crippen molar-refractivity contribution in [3.05, 3.63) is 106 Å². The number of rotatable bonds is 12. The van der Waals surface area contributed by atoms with E-state index >= 15 is 0 Å². The van der Waals surface area contributed by atoms with Crippen LogP contribution in [0.1, 0.15) is 105 Å². The molecular formula is C52H62N8O8S. The van der Waals surface area contributed by atoms with Crippen LogP contribution in [0.4, 0.5) is 28.4 Å². The van der Waals surface area contributed by atoms with Crippen LogP contribution >= 0.6 is 0 Å². The van der Waals surface area contributed by atoms with Crippen molar-refractivity contribution in [3.63, 3.8) is 0 Å². The van der Waals surface area contributed by atoms with E-state index < -0.39 is 31.4 Å². The Hall–Kier alpha value is -5.75. The number of likely N-dealkylation sites (tertiary alicyclic amines) is 1. The fraction of sp³-hybridized carbons (Fsp3) is 0.500. The zero-order valence-corrected chi connectivity index (χ0v) is 40.2. The molecule has 5 fully saturated rings. The molecule has 69 heavy (non-hydrogen) atoms. The molecule has 1 saturated carbocycles. The first-order chi connectivity index (χ1) is 33.4. The molecule has 3 aromatic carbocycles. The molecule has 0 unspecified atom stereocenters. The molecule has 3 atom stereocenters. The lowest BCUT2D eigenvalue weighted by Crippen LogP contribution is -2.55. The van der Waals surface area contributed by atoms with E-state index in [0.29, 0.717) is 85.7 Å². The third-order valence-corrected chi connectivity index (χ3v) is 17.3.